The quantitative estimate of drug-likeness (QED) is 0.867. The van der Waals surface area contributed by atoms with Crippen molar-refractivity contribution < 1.29 is 0 Å². The van der Waals surface area contributed by atoms with Gasteiger partial charge in [-0.1, -0.05) is 22.0 Å². The van der Waals surface area contributed by atoms with Crippen LogP contribution < -0.4 is 10.6 Å². The van der Waals surface area contributed by atoms with Crippen molar-refractivity contribution in [2.75, 3.05) is 17.7 Å². The second kappa shape index (κ2) is 5.23. The minimum absolute atomic E-state index is 1.09. The molecule has 2 N–H and O–H groups in total. The van der Waals surface area contributed by atoms with Crippen molar-refractivity contribution in [3.8, 4) is 0 Å². The van der Waals surface area contributed by atoms with E-state index >= 15 is 0 Å². The fraction of sp³-hybridized carbons (Fsp3) is 0.143. The maximum absolute atomic E-state index is 3.47. The van der Waals surface area contributed by atoms with Crippen molar-refractivity contribution in [1.82, 2.24) is 0 Å². The number of benzene rings is 2. The van der Waals surface area contributed by atoms with E-state index in [0.717, 1.165) is 21.5 Å². The summed E-state index contributed by atoms with van der Waals surface area (Å²) in [6, 6.07) is 14.4. The minimum Gasteiger partial charge on any atom is -0.388 e. The third-order valence-electron chi connectivity index (χ3n) is 2.62. The van der Waals surface area contributed by atoms with Crippen molar-refractivity contribution in [3.63, 3.8) is 0 Å². The van der Waals surface area contributed by atoms with Crippen LogP contribution in [0.5, 0.6) is 0 Å². The zero-order valence-electron chi connectivity index (χ0n) is 9.92. The second-order valence-electron chi connectivity index (χ2n) is 3.92. The van der Waals surface area contributed by atoms with E-state index in [4.69, 9.17) is 0 Å². The van der Waals surface area contributed by atoms with E-state index in [9.17, 15) is 0 Å². The minimum atomic E-state index is 1.09. The maximum atomic E-state index is 3.47. The van der Waals surface area contributed by atoms with Crippen molar-refractivity contribution in [2.45, 2.75) is 6.92 Å². The van der Waals surface area contributed by atoms with E-state index in [1.165, 1.54) is 5.56 Å². The highest BCUT2D eigenvalue weighted by Gasteiger charge is 2.00. The van der Waals surface area contributed by atoms with Gasteiger partial charge >= 0.3 is 0 Å². The number of nitrogens with one attached hydrogen (secondary N) is 2. The molecule has 0 spiro atoms. The van der Waals surface area contributed by atoms with Gasteiger partial charge in [-0.2, -0.15) is 0 Å². The van der Waals surface area contributed by atoms with Gasteiger partial charge in [0.05, 0.1) is 0 Å². The van der Waals surface area contributed by atoms with E-state index in [2.05, 4.69) is 57.8 Å². The lowest BCUT2D eigenvalue weighted by molar-refractivity contribution is 1.41. The molecular formula is C14H15BrN2. The molecule has 0 unspecified atom stereocenters. The molecule has 0 saturated carbocycles. The summed E-state index contributed by atoms with van der Waals surface area (Å²) in [7, 11) is 1.92. The second-order valence-corrected chi connectivity index (χ2v) is 4.83. The number of anilines is 3. The van der Waals surface area contributed by atoms with Crippen LogP contribution in [0.15, 0.2) is 46.9 Å². The SMILES string of the molecule is CNc1cccc(Nc2ccc(Br)cc2C)c1. The summed E-state index contributed by atoms with van der Waals surface area (Å²) in [5.41, 5.74) is 4.53. The third-order valence-corrected chi connectivity index (χ3v) is 3.11. The average Bonchev–Trinajstić information content (AvgIpc) is 2.33. The molecule has 3 heteroatoms. The first kappa shape index (κ1) is 12.0. The van der Waals surface area contributed by atoms with Gasteiger partial charge in [0.15, 0.2) is 0 Å². The van der Waals surface area contributed by atoms with Crippen molar-refractivity contribution in [1.29, 1.82) is 0 Å². The van der Waals surface area contributed by atoms with Crippen LogP contribution in [0.3, 0.4) is 0 Å². The molecule has 2 aromatic carbocycles. The predicted octanol–water partition coefficient (Wildman–Crippen LogP) is 4.54. The van der Waals surface area contributed by atoms with Gasteiger partial charge in [-0.05, 0) is 48.9 Å². The number of aryl methyl sites for hydroxylation is 1. The van der Waals surface area contributed by atoms with Gasteiger partial charge in [0, 0.05) is 28.6 Å². The van der Waals surface area contributed by atoms with Crippen molar-refractivity contribution in [2.24, 2.45) is 0 Å². The maximum Gasteiger partial charge on any atom is 0.0414 e. The van der Waals surface area contributed by atoms with Gasteiger partial charge in [-0.3, -0.25) is 0 Å². The summed E-state index contributed by atoms with van der Waals surface area (Å²) in [5.74, 6) is 0. The highest BCUT2D eigenvalue weighted by Crippen LogP contribution is 2.25. The van der Waals surface area contributed by atoms with Crippen LogP contribution in [-0.2, 0) is 0 Å². The van der Waals surface area contributed by atoms with E-state index in [0.29, 0.717) is 0 Å². The van der Waals surface area contributed by atoms with Gasteiger partial charge in [0.1, 0.15) is 0 Å². The van der Waals surface area contributed by atoms with Gasteiger partial charge in [0.25, 0.3) is 0 Å². The number of hydrogen-bond acceptors (Lipinski definition) is 2. The largest absolute Gasteiger partial charge is 0.388 e. The molecule has 2 rings (SSSR count). The molecule has 2 nitrogen and oxygen atoms in total. The topological polar surface area (TPSA) is 24.1 Å². The fourth-order valence-corrected chi connectivity index (χ4v) is 2.15. The van der Waals surface area contributed by atoms with Crippen molar-refractivity contribution in [3.05, 3.63) is 52.5 Å². The van der Waals surface area contributed by atoms with E-state index in [-0.39, 0.29) is 0 Å². The zero-order valence-corrected chi connectivity index (χ0v) is 11.5. The summed E-state index contributed by atoms with van der Waals surface area (Å²) >= 11 is 3.47. The Balaban J connectivity index is 2.25. The van der Waals surface area contributed by atoms with Crippen LogP contribution in [0.25, 0.3) is 0 Å². The number of rotatable bonds is 3. The van der Waals surface area contributed by atoms with Gasteiger partial charge < -0.3 is 10.6 Å². The Kier molecular flexibility index (Phi) is 3.69. The monoisotopic (exact) mass is 290 g/mol. The van der Waals surface area contributed by atoms with Crippen LogP contribution >= 0.6 is 15.9 Å². The van der Waals surface area contributed by atoms with Gasteiger partial charge in [-0.15, -0.1) is 0 Å². The Morgan fingerprint density at radius 1 is 1.00 bits per heavy atom. The predicted molar refractivity (Wildman–Crippen MR) is 78.2 cm³/mol. The molecule has 0 aliphatic rings. The van der Waals surface area contributed by atoms with Crippen LogP contribution in [0, 0.1) is 6.92 Å². The first-order chi connectivity index (χ1) is 8.19. The van der Waals surface area contributed by atoms with Crippen molar-refractivity contribution >= 4 is 33.0 Å². The molecule has 0 aliphatic heterocycles. The molecular weight excluding hydrogens is 276 g/mol. The summed E-state index contributed by atoms with van der Waals surface area (Å²) in [6.07, 6.45) is 0. The van der Waals surface area contributed by atoms with Crippen LogP contribution in [-0.4, -0.2) is 7.05 Å². The lowest BCUT2D eigenvalue weighted by atomic mass is 10.2. The number of halogens is 1. The number of hydrogen-bond donors (Lipinski definition) is 2. The first-order valence-electron chi connectivity index (χ1n) is 5.50. The molecule has 0 aromatic heterocycles. The highest BCUT2D eigenvalue weighted by atomic mass is 79.9. The summed E-state index contributed by atoms with van der Waals surface area (Å²) < 4.78 is 1.10. The molecule has 0 heterocycles. The Bertz CT molecular complexity index is 523. The molecule has 2 aromatic rings. The normalized spacial score (nSPS) is 10.1. The lowest BCUT2D eigenvalue weighted by Crippen LogP contribution is -1.94. The van der Waals surface area contributed by atoms with Gasteiger partial charge in [0.2, 0.25) is 0 Å². The lowest BCUT2D eigenvalue weighted by Gasteiger charge is -2.11. The van der Waals surface area contributed by atoms with E-state index < -0.39 is 0 Å². The Labute approximate surface area is 110 Å². The van der Waals surface area contributed by atoms with Crippen LogP contribution in [0.1, 0.15) is 5.56 Å². The van der Waals surface area contributed by atoms with Crippen LogP contribution in [0.4, 0.5) is 17.1 Å². The smallest absolute Gasteiger partial charge is 0.0414 e. The van der Waals surface area contributed by atoms with E-state index in [1.54, 1.807) is 0 Å². The molecule has 0 bridgehead atoms. The molecule has 17 heavy (non-hydrogen) atoms. The standard InChI is InChI=1S/C14H15BrN2/c1-10-8-11(15)6-7-14(10)17-13-5-3-4-12(9-13)16-2/h3-9,16-17H,1-2H3. The zero-order chi connectivity index (χ0) is 12.3. The average molecular weight is 291 g/mol. The third kappa shape index (κ3) is 3.01. The molecule has 0 atom stereocenters. The summed E-state index contributed by atoms with van der Waals surface area (Å²) in [5, 5.41) is 6.54. The fourth-order valence-electron chi connectivity index (χ4n) is 1.68. The Morgan fingerprint density at radius 3 is 2.47 bits per heavy atom. The summed E-state index contributed by atoms with van der Waals surface area (Å²) in [4.78, 5) is 0. The Morgan fingerprint density at radius 2 is 1.76 bits per heavy atom. The first-order valence-corrected chi connectivity index (χ1v) is 6.29. The highest BCUT2D eigenvalue weighted by molar-refractivity contribution is 9.10. The van der Waals surface area contributed by atoms with Crippen LogP contribution in [0.2, 0.25) is 0 Å². The molecule has 0 aliphatic carbocycles. The molecule has 88 valence electrons. The Hall–Kier alpha value is -1.48. The summed E-state index contributed by atoms with van der Waals surface area (Å²) in [6.45, 7) is 2.09. The van der Waals surface area contributed by atoms with Gasteiger partial charge in [-0.25, -0.2) is 0 Å². The molecule has 0 amide bonds. The molecule has 0 radical (unpaired) electrons. The van der Waals surface area contributed by atoms with E-state index in [1.807, 2.05) is 25.2 Å². The molecule has 0 saturated heterocycles. The molecule has 0 fully saturated rings.